The van der Waals surface area contributed by atoms with Crippen LogP contribution in [0.2, 0.25) is 0 Å². The van der Waals surface area contributed by atoms with E-state index in [9.17, 15) is 0 Å². The molecule has 0 bridgehead atoms. The van der Waals surface area contributed by atoms with Gasteiger partial charge in [0.1, 0.15) is 5.75 Å². The Bertz CT molecular complexity index is 645. The quantitative estimate of drug-likeness (QED) is 0.245. The van der Waals surface area contributed by atoms with Crippen molar-refractivity contribution in [2.24, 2.45) is 5.41 Å². The molecule has 2 nitrogen and oxygen atoms in total. The Morgan fingerprint density at radius 2 is 1.70 bits per heavy atom. The van der Waals surface area contributed by atoms with Gasteiger partial charge in [0.05, 0.1) is 19.1 Å². The Morgan fingerprint density at radius 1 is 1.11 bits per heavy atom. The molecule has 0 radical (unpaired) electrons. The van der Waals surface area contributed by atoms with E-state index in [1.165, 1.54) is 3.81 Å². The number of allylic oxidation sites excluding steroid dienone is 7. The van der Waals surface area contributed by atoms with E-state index in [2.05, 4.69) is 66.7 Å². The van der Waals surface area contributed by atoms with Crippen LogP contribution < -0.4 is 4.74 Å². The van der Waals surface area contributed by atoms with Crippen LogP contribution in [-0.4, -0.2) is 10.9 Å². The van der Waals surface area contributed by atoms with Crippen molar-refractivity contribution in [2.45, 2.75) is 48.0 Å². The maximum atomic E-state index is 5.68. The molecule has 1 aromatic carbocycles. The zero-order valence-electron chi connectivity index (χ0n) is 17.8. The number of hydrogen-bond donors (Lipinski definition) is 0. The van der Waals surface area contributed by atoms with Crippen LogP contribution in [0.15, 0.2) is 72.2 Å². The van der Waals surface area contributed by atoms with Crippen molar-refractivity contribution in [2.75, 3.05) is 7.11 Å². The molecule has 0 N–H and O–H groups in total. The number of benzene rings is 1. The van der Waals surface area contributed by atoms with Gasteiger partial charge < -0.3 is 9.47 Å². The summed E-state index contributed by atoms with van der Waals surface area (Å²) in [5, 5.41) is 0. The van der Waals surface area contributed by atoms with Crippen molar-refractivity contribution in [1.82, 2.24) is 0 Å². The molecular formula is C24H33O2Ti. The predicted octanol–water partition coefficient (Wildman–Crippen LogP) is 6.60. The predicted molar refractivity (Wildman–Crippen MR) is 113 cm³/mol. The summed E-state index contributed by atoms with van der Waals surface area (Å²) in [5.74, 6) is 1.70. The van der Waals surface area contributed by atoms with Crippen LogP contribution in [-0.2, 0) is 24.7 Å². The van der Waals surface area contributed by atoms with Crippen LogP contribution in [0.4, 0.5) is 0 Å². The maximum absolute atomic E-state index is 5.68. The molecule has 0 saturated carbocycles. The van der Waals surface area contributed by atoms with Gasteiger partial charge in [-0.05, 0) is 36.1 Å². The molecule has 0 aliphatic heterocycles. The molecule has 0 fully saturated rings. The topological polar surface area (TPSA) is 18.5 Å². The van der Waals surface area contributed by atoms with Gasteiger partial charge in [-0.15, -0.1) is 6.42 Å². The molecule has 1 aromatic rings. The van der Waals surface area contributed by atoms with Gasteiger partial charge in [-0.1, -0.05) is 39.0 Å². The second-order valence-electron chi connectivity index (χ2n) is 7.22. The normalized spacial score (nSPS) is 13.2. The Morgan fingerprint density at radius 3 is 2.07 bits per heavy atom. The second kappa shape index (κ2) is 14.4. The largest absolute Gasteiger partial charge is 0.273 e. The molecule has 0 amide bonds. The van der Waals surface area contributed by atoms with Gasteiger partial charge in [-0.2, -0.15) is 6.08 Å². The molecule has 2 rings (SSSR count). The molecule has 1 aliphatic rings. The number of para-hydroxylation sites is 1. The summed E-state index contributed by atoms with van der Waals surface area (Å²) >= 11 is 2.08. The van der Waals surface area contributed by atoms with Gasteiger partial charge in [0.2, 0.25) is 0 Å². The first-order valence-corrected chi connectivity index (χ1v) is 9.83. The fraction of sp³-hybridized carbons (Fsp3) is 0.375. The van der Waals surface area contributed by atoms with Crippen molar-refractivity contribution in [3.8, 4) is 5.75 Å². The van der Waals surface area contributed by atoms with Crippen LogP contribution in [0.3, 0.4) is 0 Å². The zero-order chi connectivity index (χ0) is 20.7. The van der Waals surface area contributed by atoms with E-state index in [0.717, 1.165) is 23.5 Å². The van der Waals surface area contributed by atoms with Gasteiger partial charge in [0.25, 0.3) is 0 Å². The first-order chi connectivity index (χ1) is 12.7. The third kappa shape index (κ3) is 15.1. The van der Waals surface area contributed by atoms with E-state index in [1.54, 1.807) is 13.4 Å². The fourth-order valence-corrected chi connectivity index (χ4v) is 1.68. The second-order valence-corrected chi connectivity index (χ2v) is 8.78. The summed E-state index contributed by atoms with van der Waals surface area (Å²) in [4.78, 5) is 0. The van der Waals surface area contributed by atoms with Crippen LogP contribution >= 0.6 is 0 Å². The number of ether oxygens (including phenoxy) is 2. The van der Waals surface area contributed by atoms with E-state index in [0.29, 0.717) is 0 Å². The van der Waals surface area contributed by atoms with E-state index >= 15 is 0 Å². The summed E-state index contributed by atoms with van der Waals surface area (Å²) in [6.45, 7) is 12.5. The van der Waals surface area contributed by atoms with Gasteiger partial charge in [-0.25, -0.2) is 12.2 Å². The molecule has 3 heteroatoms. The van der Waals surface area contributed by atoms with E-state index in [4.69, 9.17) is 9.47 Å². The van der Waals surface area contributed by atoms with Gasteiger partial charge in [-0.3, -0.25) is 6.08 Å². The van der Waals surface area contributed by atoms with Crippen molar-refractivity contribution < 1.29 is 29.4 Å². The van der Waals surface area contributed by atoms with Gasteiger partial charge in [0.15, 0.2) is 0 Å². The van der Waals surface area contributed by atoms with Crippen molar-refractivity contribution >= 4 is 3.81 Å². The monoisotopic (exact) mass is 401 g/mol. The Hall–Kier alpha value is -1.64. The molecule has 27 heavy (non-hydrogen) atoms. The minimum absolute atomic E-state index is 0.00850. The molecule has 0 spiro atoms. The Kier molecular flexibility index (Phi) is 13.6. The third-order valence-electron chi connectivity index (χ3n) is 3.20. The minimum atomic E-state index is 0.00850. The Labute approximate surface area is 177 Å². The minimum Gasteiger partial charge on any atom is -0.273 e. The fourth-order valence-electron chi connectivity index (χ4n) is 1.68. The third-order valence-corrected chi connectivity index (χ3v) is 3.20. The zero-order valence-corrected chi connectivity index (χ0v) is 19.4. The molecule has 0 saturated heterocycles. The van der Waals surface area contributed by atoms with Gasteiger partial charge in [0, 0.05) is 0 Å². The number of methoxy groups -OCH3 is 1. The molecule has 0 heterocycles. The number of hydrogen-bond acceptors (Lipinski definition) is 2. The van der Waals surface area contributed by atoms with E-state index < -0.39 is 0 Å². The molecule has 1 aliphatic carbocycles. The summed E-state index contributed by atoms with van der Waals surface area (Å²) in [6, 6.07) is 9.75. The SMILES string of the molecule is COC(C)=CC(=COc1ccccc1)C(C)(C)C.C[C](C)=[Ti+].[C-]1=CC=CC1. The molecular weight excluding hydrogens is 368 g/mol. The van der Waals surface area contributed by atoms with Crippen LogP contribution in [0.25, 0.3) is 0 Å². The van der Waals surface area contributed by atoms with Crippen molar-refractivity contribution in [3.63, 3.8) is 0 Å². The van der Waals surface area contributed by atoms with Gasteiger partial charge >= 0.3 is 37.6 Å². The van der Waals surface area contributed by atoms with Crippen molar-refractivity contribution in [1.29, 1.82) is 0 Å². The molecule has 0 unspecified atom stereocenters. The standard InChI is InChI=1S/C16H22O2.C5H5.C3H6.Ti/c1-13(17-5)11-14(16(2,3)4)12-18-15-9-7-6-8-10-15;1-2-4-5-3-1;1-3-2;/h6-12H,1-5H3;1-3H,4H2;1-2H3;/q;-1;;+1. The van der Waals surface area contributed by atoms with Crippen LogP contribution in [0.1, 0.15) is 48.0 Å². The summed E-state index contributed by atoms with van der Waals surface area (Å²) in [7, 11) is 1.67. The summed E-state index contributed by atoms with van der Waals surface area (Å²) in [5.41, 5.74) is 1.10. The molecule has 0 atom stereocenters. The maximum Gasteiger partial charge on any atom is -0.109 e. The first-order valence-electron chi connectivity index (χ1n) is 9.05. The average molecular weight is 401 g/mol. The Balaban J connectivity index is 0.000000613. The average Bonchev–Trinajstić information content (AvgIpc) is 3.17. The van der Waals surface area contributed by atoms with Crippen molar-refractivity contribution in [3.05, 3.63) is 78.3 Å². The summed E-state index contributed by atoms with van der Waals surface area (Å²) in [6.07, 6.45) is 13.8. The molecule has 145 valence electrons. The molecule has 0 aromatic heterocycles. The first kappa shape index (κ1) is 25.4. The van der Waals surface area contributed by atoms with Crippen LogP contribution in [0, 0.1) is 11.5 Å². The smallest absolute Gasteiger partial charge is 0.109 e. The van der Waals surface area contributed by atoms with Crippen LogP contribution in [0.5, 0.6) is 5.75 Å². The summed E-state index contributed by atoms with van der Waals surface area (Å²) < 4.78 is 12.3. The van der Waals surface area contributed by atoms with E-state index in [-0.39, 0.29) is 5.41 Å². The van der Waals surface area contributed by atoms with E-state index in [1.807, 2.05) is 55.5 Å². The number of rotatable bonds is 4.